The van der Waals surface area contributed by atoms with Crippen LogP contribution in [0, 0.1) is 0 Å². The molecule has 0 fully saturated rings. The third kappa shape index (κ3) is 3.20. The van der Waals surface area contributed by atoms with Crippen LogP contribution in [-0.2, 0) is 13.0 Å². The maximum atomic E-state index is 3.48. The number of benzene rings is 1. The summed E-state index contributed by atoms with van der Waals surface area (Å²) < 4.78 is 0. The highest BCUT2D eigenvalue weighted by atomic mass is 15.1. The number of nitrogens with one attached hydrogen (secondary N) is 1. The van der Waals surface area contributed by atoms with Gasteiger partial charge in [-0.15, -0.1) is 0 Å². The highest BCUT2D eigenvalue weighted by Crippen LogP contribution is 2.27. The number of anilines is 1. The van der Waals surface area contributed by atoms with Crippen LogP contribution < -0.4 is 10.2 Å². The third-order valence-corrected chi connectivity index (χ3v) is 3.34. The summed E-state index contributed by atoms with van der Waals surface area (Å²) in [5.74, 6) is 0. The first-order valence-corrected chi connectivity index (χ1v) is 6.35. The third-order valence-electron chi connectivity index (χ3n) is 3.34. The van der Waals surface area contributed by atoms with E-state index in [2.05, 4.69) is 54.5 Å². The summed E-state index contributed by atoms with van der Waals surface area (Å²) in [7, 11) is 6.38. The van der Waals surface area contributed by atoms with E-state index in [4.69, 9.17) is 0 Å². The lowest BCUT2D eigenvalue weighted by atomic mass is 10.1. The zero-order valence-electron chi connectivity index (χ0n) is 11.2. The minimum Gasteiger partial charge on any atom is -0.374 e. The SMILES string of the molecule is CN(C)CCNCc1ccc2c(c1)CCN2C. The molecule has 3 nitrogen and oxygen atoms in total. The maximum absolute atomic E-state index is 3.48. The van der Waals surface area contributed by atoms with Crippen molar-refractivity contribution in [2.24, 2.45) is 0 Å². The summed E-state index contributed by atoms with van der Waals surface area (Å²) in [5.41, 5.74) is 4.30. The molecule has 0 amide bonds. The molecule has 0 bridgehead atoms. The van der Waals surface area contributed by atoms with Gasteiger partial charge in [0.1, 0.15) is 0 Å². The van der Waals surface area contributed by atoms with Gasteiger partial charge in [-0.2, -0.15) is 0 Å². The number of nitrogens with zero attached hydrogens (tertiary/aromatic N) is 2. The molecule has 1 N–H and O–H groups in total. The Morgan fingerprint density at radius 2 is 2.18 bits per heavy atom. The number of fused-ring (bicyclic) bond motifs is 1. The summed E-state index contributed by atoms with van der Waals surface area (Å²) >= 11 is 0. The van der Waals surface area contributed by atoms with E-state index in [-0.39, 0.29) is 0 Å². The van der Waals surface area contributed by atoms with E-state index in [0.717, 1.165) is 26.2 Å². The van der Waals surface area contributed by atoms with Crippen molar-refractivity contribution in [3.8, 4) is 0 Å². The van der Waals surface area contributed by atoms with E-state index in [1.54, 1.807) is 0 Å². The summed E-state index contributed by atoms with van der Waals surface area (Å²) in [4.78, 5) is 4.53. The molecule has 2 rings (SSSR count). The molecule has 1 heterocycles. The maximum Gasteiger partial charge on any atom is 0.0397 e. The fourth-order valence-electron chi connectivity index (χ4n) is 2.27. The standard InChI is InChI=1S/C14H23N3/c1-16(2)9-7-15-11-12-4-5-14-13(10-12)6-8-17(14)3/h4-5,10,15H,6-9,11H2,1-3H3. The quantitative estimate of drug-likeness (QED) is 0.774. The number of hydrogen-bond acceptors (Lipinski definition) is 3. The molecular weight excluding hydrogens is 210 g/mol. The van der Waals surface area contributed by atoms with Crippen LogP contribution in [0.1, 0.15) is 11.1 Å². The van der Waals surface area contributed by atoms with Crippen LogP contribution in [0.5, 0.6) is 0 Å². The summed E-state index contributed by atoms with van der Waals surface area (Å²) in [6, 6.07) is 6.84. The van der Waals surface area contributed by atoms with Gasteiger partial charge in [-0.1, -0.05) is 12.1 Å². The van der Waals surface area contributed by atoms with Gasteiger partial charge < -0.3 is 15.1 Å². The smallest absolute Gasteiger partial charge is 0.0397 e. The van der Waals surface area contributed by atoms with Crippen LogP contribution in [0.4, 0.5) is 5.69 Å². The van der Waals surface area contributed by atoms with Crippen molar-refractivity contribution in [3.63, 3.8) is 0 Å². The lowest BCUT2D eigenvalue weighted by molar-refractivity contribution is 0.400. The van der Waals surface area contributed by atoms with Crippen molar-refractivity contribution < 1.29 is 0 Å². The zero-order valence-corrected chi connectivity index (χ0v) is 11.2. The van der Waals surface area contributed by atoms with E-state index in [1.807, 2.05) is 0 Å². The molecule has 17 heavy (non-hydrogen) atoms. The Morgan fingerprint density at radius 1 is 1.35 bits per heavy atom. The largest absolute Gasteiger partial charge is 0.374 e. The lowest BCUT2D eigenvalue weighted by Crippen LogP contribution is -2.26. The summed E-state index contributed by atoms with van der Waals surface area (Å²) in [6.07, 6.45) is 1.19. The highest BCUT2D eigenvalue weighted by molar-refractivity contribution is 5.58. The monoisotopic (exact) mass is 233 g/mol. The molecule has 0 saturated carbocycles. The van der Waals surface area contributed by atoms with Gasteiger partial charge in [0.15, 0.2) is 0 Å². The molecule has 0 radical (unpaired) electrons. The summed E-state index contributed by atoms with van der Waals surface area (Å²) in [5, 5.41) is 3.48. The van der Waals surface area contributed by atoms with E-state index in [0.29, 0.717) is 0 Å². The highest BCUT2D eigenvalue weighted by Gasteiger charge is 2.15. The number of hydrogen-bond donors (Lipinski definition) is 1. The van der Waals surface area contributed by atoms with Gasteiger partial charge >= 0.3 is 0 Å². The summed E-state index contributed by atoms with van der Waals surface area (Å²) in [6.45, 7) is 4.27. The fourth-order valence-corrected chi connectivity index (χ4v) is 2.27. The average molecular weight is 233 g/mol. The first-order chi connectivity index (χ1) is 8.16. The number of likely N-dealkylation sites (N-methyl/N-ethyl adjacent to an activating group) is 2. The van der Waals surface area contributed by atoms with E-state index in [9.17, 15) is 0 Å². The van der Waals surface area contributed by atoms with Crippen LogP contribution in [0.25, 0.3) is 0 Å². The topological polar surface area (TPSA) is 18.5 Å². The van der Waals surface area contributed by atoms with Crippen LogP contribution in [0.3, 0.4) is 0 Å². The van der Waals surface area contributed by atoms with Gasteiger partial charge in [-0.3, -0.25) is 0 Å². The van der Waals surface area contributed by atoms with Crippen molar-refractivity contribution in [1.82, 2.24) is 10.2 Å². The molecule has 1 aliphatic rings. The molecule has 0 aliphatic carbocycles. The van der Waals surface area contributed by atoms with Crippen LogP contribution in [-0.4, -0.2) is 45.7 Å². The molecule has 1 aliphatic heterocycles. The molecular formula is C14H23N3. The van der Waals surface area contributed by atoms with Gasteiger partial charge in [0.25, 0.3) is 0 Å². The lowest BCUT2D eigenvalue weighted by Gasteiger charge is -2.13. The minimum atomic E-state index is 0.977. The van der Waals surface area contributed by atoms with Crippen molar-refractivity contribution in [2.75, 3.05) is 45.7 Å². The molecule has 0 saturated heterocycles. The van der Waals surface area contributed by atoms with Crippen LogP contribution in [0.15, 0.2) is 18.2 Å². The second-order valence-electron chi connectivity index (χ2n) is 5.11. The molecule has 94 valence electrons. The van der Waals surface area contributed by atoms with Crippen molar-refractivity contribution >= 4 is 5.69 Å². The van der Waals surface area contributed by atoms with E-state index < -0.39 is 0 Å². The molecule has 0 unspecified atom stereocenters. The Labute approximate surface area is 104 Å². The predicted molar refractivity (Wildman–Crippen MR) is 73.7 cm³/mol. The second-order valence-corrected chi connectivity index (χ2v) is 5.11. The Bertz CT molecular complexity index is 374. The first-order valence-electron chi connectivity index (χ1n) is 6.35. The Hall–Kier alpha value is -1.06. The first kappa shape index (κ1) is 12.4. The van der Waals surface area contributed by atoms with E-state index >= 15 is 0 Å². The zero-order chi connectivity index (χ0) is 12.3. The van der Waals surface area contributed by atoms with Crippen LogP contribution in [0.2, 0.25) is 0 Å². The molecule has 1 aromatic carbocycles. The normalized spacial score (nSPS) is 14.5. The predicted octanol–water partition coefficient (Wildman–Crippen LogP) is 1.33. The fraction of sp³-hybridized carbons (Fsp3) is 0.571. The Morgan fingerprint density at radius 3 is 2.94 bits per heavy atom. The molecule has 0 spiro atoms. The second kappa shape index (κ2) is 5.52. The molecule has 3 heteroatoms. The van der Waals surface area contributed by atoms with E-state index in [1.165, 1.54) is 23.2 Å². The minimum absolute atomic E-state index is 0.977. The molecule has 0 atom stereocenters. The van der Waals surface area contributed by atoms with Crippen LogP contribution >= 0.6 is 0 Å². The van der Waals surface area contributed by atoms with Crippen molar-refractivity contribution in [1.29, 1.82) is 0 Å². The number of rotatable bonds is 5. The Balaban J connectivity index is 1.86. The Kier molecular flexibility index (Phi) is 4.02. The molecule has 1 aromatic rings. The van der Waals surface area contributed by atoms with Gasteiger partial charge in [0.05, 0.1) is 0 Å². The van der Waals surface area contributed by atoms with Crippen molar-refractivity contribution in [2.45, 2.75) is 13.0 Å². The van der Waals surface area contributed by atoms with Gasteiger partial charge in [0.2, 0.25) is 0 Å². The van der Waals surface area contributed by atoms with Gasteiger partial charge in [-0.05, 0) is 37.7 Å². The van der Waals surface area contributed by atoms with Crippen molar-refractivity contribution in [3.05, 3.63) is 29.3 Å². The van der Waals surface area contributed by atoms with Gasteiger partial charge in [0, 0.05) is 38.9 Å². The van der Waals surface area contributed by atoms with Gasteiger partial charge in [-0.25, -0.2) is 0 Å². The average Bonchev–Trinajstić information content (AvgIpc) is 2.66. The molecule has 0 aromatic heterocycles.